The molecule has 0 unspecified atom stereocenters. The number of fused-ring (bicyclic) bond motifs is 1. The Morgan fingerprint density at radius 3 is 2.65 bits per heavy atom. The third-order valence-corrected chi connectivity index (χ3v) is 2.53. The summed E-state index contributed by atoms with van der Waals surface area (Å²) in [5.74, 6) is 0.0131. The second-order valence-corrected chi connectivity index (χ2v) is 3.73. The number of carbonyl (C=O) groups excluding carboxylic acids is 2. The molecular formula is C13H13NO3. The summed E-state index contributed by atoms with van der Waals surface area (Å²) < 4.78 is 6.68. The van der Waals surface area contributed by atoms with Crippen molar-refractivity contribution in [3.05, 3.63) is 30.5 Å². The van der Waals surface area contributed by atoms with Crippen LogP contribution < -0.4 is 4.74 Å². The first-order valence-electron chi connectivity index (χ1n) is 5.45. The molecule has 2 aromatic rings. The maximum Gasteiger partial charge on any atom is 0.310 e. The van der Waals surface area contributed by atoms with E-state index in [0.29, 0.717) is 12.2 Å². The highest BCUT2D eigenvalue weighted by Gasteiger charge is 2.13. The Hall–Kier alpha value is -2.10. The van der Waals surface area contributed by atoms with Crippen LogP contribution in [-0.2, 0) is 4.79 Å². The summed E-state index contributed by atoms with van der Waals surface area (Å²) >= 11 is 0. The fourth-order valence-corrected chi connectivity index (χ4v) is 1.69. The van der Waals surface area contributed by atoms with E-state index >= 15 is 0 Å². The summed E-state index contributed by atoms with van der Waals surface area (Å²) in [5, 5.41) is 0.768. The Morgan fingerprint density at radius 2 is 2.00 bits per heavy atom. The molecule has 0 aliphatic heterocycles. The molecule has 0 amide bonds. The lowest BCUT2D eigenvalue weighted by Crippen LogP contribution is -2.06. The van der Waals surface area contributed by atoms with Crippen molar-refractivity contribution < 1.29 is 14.3 Å². The number of hydrogen-bond acceptors (Lipinski definition) is 3. The number of carbonyl (C=O) groups is 2. The first kappa shape index (κ1) is 11.4. The largest absolute Gasteiger partial charge is 0.424 e. The second-order valence-electron chi connectivity index (χ2n) is 3.73. The lowest BCUT2D eigenvalue weighted by Gasteiger charge is -1.99. The third-order valence-electron chi connectivity index (χ3n) is 2.53. The number of esters is 1. The second kappa shape index (κ2) is 4.41. The molecule has 0 aliphatic rings. The predicted octanol–water partition coefficient (Wildman–Crippen LogP) is 2.62. The van der Waals surface area contributed by atoms with Gasteiger partial charge in [0.25, 0.3) is 0 Å². The molecule has 17 heavy (non-hydrogen) atoms. The van der Waals surface area contributed by atoms with Gasteiger partial charge < -0.3 is 4.74 Å². The zero-order valence-electron chi connectivity index (χ0n) is 9.77. The lowest BCUT2D eigenvalue weighted by atomic mass is 10.2. The Labute approximate surface area is 98.8 Å². The highest BCUT2D eigenvalue weighted by atomic mass is 16.5. The molecule has 0 fully saturated rings. The van der Waals surface area contributed by atoms with Crippen LogP contribution in [0.5, 0.6) is 5.75 Å². The normalized spacial score (nSPS) is 10.5. The van der Waals surface area contributed by atoms with Crippen LogP contribution in [0.2, 0.25) is 0 Å². The van der Waals surface area contributed by atoms with Crippen molar-refractivity contribution in [2.75, 3.05) is 0 Å². The molecule has 1 aromatic carbocycles. The van der Waals surface area contributed by atoms with Crippen LogP contribution in [0.25, 0.3) is 10.9 Å². The average Bonchev–Trinajstić information content (AvgIpc) is 2.68. The molecule has 1 heterocycles. The van der Waals surface area contributed by atoms with E-state index in [-0.39, 0.29) is 11.9 Å². The molecule has 0 radical (unpaired) electrons. The topological polar surface area (TPSA) is 48.3 Å². The van der Waals surface area contributed by atoms with Gasteiger partial charge in [-0.15, -0.1) is 0 Å². The Bertz CT molecular complexity index is 583. The number of ether oxygens (including phenoxy) is 1. The lowest BCUT2D eigenvalue weighted by molar-refractivity contribution is -0.133. The molecule has 0 atom stereocenters. The van der Waals surface area contributed by atoms with E-state index < -0.39 is 0 Å². The zero-order valence-corrected chi connectivity index (χ0v) is 9.77. The van der Waals surface area contributed by atoms with E-state index in [2.05, 4.69) is 0 Å². The number of nitrogens with zero attached hydrogens (tertiary/aromatic N) is 1. The van der Waals surface area contributed by atoms with E-state index in [9.17, 15) is 9.59 Å². The summed E-state index contributed by atoms with van der Waals surface area (Å²) in [5.41, 5.74) is 0.749. The van der Waals surface area contributed by atoms with Crippen molar-refractivity contribution in [2.45, 2.75) is 20.3 Å². The van der Waals surface area contributed by atoms with Crippen LogP contribution in [-0.4, -0.2) is 16.4 Å². The minimum absolute atomic E-state index is 0.111. The molecule has 4 heteroatoms. The molecule has 0 saturated carbocycles. The van der Waals surface area contributed by atoms with Gasteiger partial charge in [-0.3, -0.25) is 14.2 Å². The molecule has 0 spiro atoms. The minimum atomic E-state index is -0.309. The van der Waals surface area contributed by atoms with E-state index in [1.807, 2.05) is 24.3 Å². The van der Waals surface area contributed by atoms with Gasteiger partial charge in [-0.05, 0) is 12.1 Å². The molecule has 0 aliphatic carbocycles. The predicted molar refractivity (Wildman–Crippen MR) is 64.2 cm³/mol. The van der Waals surface area contributed by atoms with E-state index in [0.717, 1.165) is 10.9 Å². The van der Waals surface area contributed by atoms with Gasteiger partial charge in [0.1, 0.15) is 0 Å². The van der Waals surface area contributed by atoms with Crippen molar-refractivity contribution in [2.24, 2.45) is 0 Å². The SMILES string of the molecule is CCC(=O)Oc1cn(C(C)=O)c2ccccc12. The summed E-state index contributed by atoms with van der Waals surface area (Å²) in [6.45, 7) is 3.20. The quantitative estimate of drug-likeness (QED) is 0.746. The van der Waals surface area contributed by atoms with Crippen molar-refractivity contribution in [3.8, 4) is 5.75 Å². The molecule has 2 rings (SSSR count). The summed E-state index contributed by atoms with van der Waals surface area (Å²) in [7, 11) is 0. The van der Waals surface area contributed by atoms with Crippen molar-refractivity contribution in [3.63, 3.8) is 0 Å². The molecule has 0 N–H and O–H groups in total. The van der Waals surface area contributed by atoms with Gasteiger partial charge in [-0.2, -0.15) is 0 Å². The maximum absolute atomic E-state index is 11.5. The average molecular weight is 231 g/mol. The minimum Gasteiger partial charge on any atom is -0.424 e. The molecule has 0 bridgehead atoms. The van der Waals surface area contributed by atoms with Gasteiger partial charge in [0.2, 0.25) is 5.91 Å². The van der Waals surface area contributed by atoms with E-state index in [1.54, 1.807) is 13.1 Å². The van der Waals surface area contributed by atoms with E-state index in [1.165, 1.54) is 11.5 Å². The third kappa shape index (κ3) is 2.06. The Morgan fingerprint density at radius 1 is 1.29 bits per heavy atom. The first-order chi connectivity index (χ1) is 8.13. The van der Waals surface area contributed by atoms with Crippen molar-refractivity contribution in [1.82, 2.24) is 4.57 Å². The van der Waals surface area contributed by atoms with E-state index in [4.69, 9.17) is 4.74 Å². The van der Waals surface area contributed by atoms with Gasteiger partial charge in [0.15, 0.2) is 5.75 Å². The Kier molecular flexibility index (Phi) is 2.95. The fraction of sp³-hybridized carbons (Fsp3) is 0.231. The van der Waals surface area contributed by atoms with Crippen LogP contribution in [0, 0.1) is 0 Å². The number of benzene rings is 1. The zero-order chi connectivity index (χ0) is 12.4. The molecule has 88 valence electrons. The number of aromatic nitrogens is 1. The summed E-state index contributed by atoms with van der Waals surface area (Å²) in [6.07, 6.45) is 1.86. The monoisotopic (exact) mass is 231 g/mol. The standard InChI is InChI=1S/C13H13NO3/c1-3-13(16)17-12-8-14(9(2)15)11-7-5-4-6-10(11)12/h4-8H,3H2,1-2H3. The van der Waals surface area contributed by atoms with Gasteiger partial charge in [-0.1, -0.05) is 19.1 Å². The van der Waals surface area contributed by atoms with Crippen LogP contribution >= 0.6 is 0 Å². The highest BCUT2D eigenvalue weighted by Crippen LogP contribution is 2.28. The van der Waals surface area contributed by atoms with Crippen LogP contribution in [0.15, 0.2) is 30.5 Å². The molecule has 1 aromatic heterocycles. The van der Waals surface area contributed by atoms with Gasteiger partial charge in [0, 0.05) is 18.7 Å². The molecule has 0 saturated heterocycles. The van der Waals surface area contributed by atoms with Gasteiger partial charge in [0.05, 0.1) is 11.7 Å². The fourth-order valence-electron chi connectivity index (χ4n) is 1.69. The molecule has 4 nitrogen and oxygen atoms in total. The van der Waals surface area contributed by atoms with Crippen molar-refractivity contribution in [1.29, 1.82) is 0 Å². The molecular weight excluding hydrogens is 218 g/mol. The number of para-hydroxylation sites is 1. The van der Waals surface area contributed by atoms with Crippen LogP contribution in [0.4, 0.5) is 0 Å². The number of rotatable bonds is 2. The smallest absolute Gasteiger partial charge is 0.310 e. The van der Waals surface area contributed by atoms with Gasteiger partial charge >= 0.3 is 5.97 Å². The Balaban J connectivity index is 2.56. The first-order valence-corrected chi connectivity index (χ1v) is 5.45. The number of hydrogen-bond donors (Lipinski definition) is 0. The van der Waals surface area contributed by atoms with Crippen LogP contribution in [0.3, 0.4) is 0 Å². The van der Waals surface area contributed by atoms with Gasteiger partial charge in [-0.25, -0.2) is 0 Å². The van der Waals surface area contributed by atoms with Crippen LogP contribution in [0.1, 0.15) is 25.1 Å². The summed E-state index contributed by atoms with van der Waals surface area (Å²) in [6, 6.07) is 7.33. The summed E-state index contributed by atoms with van der Waals surface area (Å²) in [4.78, 5) is 22.7. The maximum atomic E-state index is 11.5. The highest BCUT2D eigenvalue weighted by molar-refractivity contribution is 5.96. The van der Waals surface area contributed by atoms with Crippen molar-refractivity contribution >= 4 is 22.8 Å².